The van der Waals surface area contributed by atoms with Crippen LogP contribution in [0.3, 0.4) is 0 Å². The number of esters is 1. The zero-order chi connectivity index (χ0) is 10.6. The normalized spacial score (nSPS) is 10.2. The first-order chi connectivity index (χ1) is 6.67. The van der Waals surface area contributed by atoms with Crippen LogP contribution in [0, 0.1) is 0 Å². The van der Waals surface area contributed by atoms with Crippen molar-refractivity contribution in [3.8, 4) is 0 Å². The zero-order valence-corrected chi connectivity index (χ0v) is 8.62. The second-order valence-electron chi connectivity index (χ2n) is 2.82. The van der Waals surface area contributed by atoms with Gasteiger partial charge in [0.1, 0.15) is 0 Å². The minimum absolute atomic E-state index is 0.0131. The number of aromatic nitrogens is 1. The van der Waals surface area contributed by atoms with E-state index in [1.165, 1.54) is 7.11 Å². The Labute approximate surface area is 87.0 Å². The van der Waals surface area contributed by atoms with E-state index in [0.29, 0.717) is 11.6 Å². The van der Waals surface area contributed by atoms with E-state index in [0.717, 1.165) is 5.69 Å². The van der Waals surface area contributed by atoms with Crippen molar-refractivity contribution in [1.82, 2.24) is 4.57 Å². The second-order valence-corrected chi connectivity index (χ2v) is 3.26. The van der Waals surface area contributed by atoms with Gasteiger partial charge in [0.15, 0.2) is 0 Å². The smallest absolute Gasteiger partial charge is 0.311 e. The van der Waals surface area contributed by atoms with Crippen LogP contribution in [0.2, 0.25) is 5.02 Å². The van der Waals surface area contributed by atoms with Gasteiger partial charge in [0.25, 0.3) is 0 Å². The summed E-state index contributed by atoms with van der Waals surface area (Å²) in [6.07, 6.45) is 1.85. The fourth-order valence-corrected chi connectivity index (χ4v) is 1.44. The second kappa shape index (κ2) is 5.02. The molecule has 0 saturated heterocycles. The Morgan fingerprint density at radius 2 is 2.43 bits per heavy atom. The Morgan fingerprint density at radius 1 is 1.71 bits per heavy atom. The number of halogens is 1. The number of ether oxygens (including phenoxy) is 1. The monoisotopic (exact) mass is 217 g/mol. The number of aliphatic hydroxyl groups excluding tert-OH is 1. The summed E-state index contributed by atoms with van der Waals surface area (Å²) in [6.45, 7) is 0.443. The number of carbonyl (C=O) groups is 1. The summed E-state index contributed by atoms with van der Waals surface area (Å²) in [4.78, 5) is 11.0. The summed E-state index contributed by atoms with van der Waals surface area (Å²) in [7, 11) is 1.34. The van der Waals surface area contributed by atoms with E-state index >= 15 is 0 Å². The van der Waals surface area contributed by atoms with E-state index in [1.807, 2.05) is 0 Å². The third-order valence-electron chi connectivity index (χ3n) is 1.85. The van der Waals surface area contributed by atoms with Gasteiger partial charge in [-0.1, -0.05) is 11.6 Å². The molecule has 1 aromatic rings. The molecule has 0 aliphatic rings. The Kier molecular flexibility index (Phi) is 3.98. The predicted molar refractivity (Wildman–Crippen MR) is 52.2 cm³/mol. The van der Waals surface area contributed by atoms with Gasteiger partial charge in [0.2, 0.25) is 0 Å². The molecule has 1 aromatic heterocycles. The van der Waals surface area contributed by atoms with E-state index in [4.69, 9.17) is 16.7 Å². The van der Waals surface area contributed by atoms with Crippen LogP contribution in [0.1, 0.15) is 5.69 Å². The molecule has 0 aromatic carbocycles. The molecule has 0 radical (unpaired) electrons. The summed E-state index contributed by atoms with van der Waals surface area (Å²) in [6, 6.07) is 1.69. The summed E-state index contributed by atoms with van der Waals surface area (Å²) >= 11 is 5.77. The van der Waals surface area contributed by atoms with Crippen LogP contribution in [-0.4, -0.2) is 29.4 Å². The van der Waals surface area contributed by atoms with Crippen molar-refractivity contribution in [2.75, 3.05) is 13.7 Å². The predicted octanol–water partition coefficient (Wildman–Crippen LogP) is 0.849. The van der Waals surface area contributed by atoms with Crippen molar-refractivity contribution in [3.63, 3.8) is 0 Å². The number of nitrogens with zero attached hydrogens (tertiary/aromatic N) is 1. The maximum atomic E-state index is 11.0. The molecule has 1 heterocycles. The number of hydrogen-bond donors (Lipinski definition) is 1. The fourth-order valence-electron chi connectivity index (χ4n) is 1.20. The molecule has 5 heteroatoms. The molecule has 0 atom stereocenters. The molecule has 78 valence electrons. The quantitative estimate of drug-likeness (QED) is 0.761. The van der Waals surface area contributed by atoms with Gasteiger partial charge in [-0.05, 0) is 6.07 Å². The standard InChI is InChI=1S/C9H12ClNO3/c1-14-9(13)5-8-4-7(10)6-11(8)2-3-12/h4,6,12H,2-3,5H2,1H3. The van der Waals surface area contributed by atoms with Crippen LogP contribution in [0.25, 0.3) is 0 Å². The van der Waals surface area contributed by atoms with E-state index in [-0.39, 0.29) is 19.0 Å². The van der Waals surface area contributed by atoms with Crippen LogP contribution in [-0.2, 0) is 22.5 Å². The lowest BCUT2D eigenvalue weighted by Crippen LogP contribution is -2.11. The summed E-state index contributed by atoms with van der Waals surface area (Å²) in [5.41, 5.74) is 0.746. The lowest BCUT2D eigenvalue weighted by atomic mass is 10.3. The average molecular weight is 218 g/mol. The van der Waals surface area contributed by atoms with Gasteiger partial charge in [0, 0.05) is 18.4 Å². The third kappa shape index (κ3) is 2.75. The molecular weight excluding hydrogens is 206 g/mol. The first-order valence-corrected chi connectivity index (χ1v) is 4.57. The third-order valence-corrected chi connectivity index (χ3v) is 2.05. The molecule has 1 rings (SSSR count). The van der Waals surface area contributed by atoms with Crippen LogP contribution in [0.15, 0.2) is 12.3 Å². The van der Waals surface area contributed by atoms with Crippen LogP contribution in [0.5, 0.6) is 0 Å². The fraction of sp³-hybridized carbons (Fsp3) is 0.444. The van der Waals surface area contributed by atoms with Gasteiger partial charge in [-0.25, -0.2) is 0 Å². The van der Waals surface area contributed by atoms with E-state index in [9.17, 15) is 4.79 Å². The number of carbonyl (C=O) groups excluding carboxylic acids is 1. The summed E-state index contributed by atoms with van der Waals surface area (Å²) < 4.78 is 6.27. The molecule has 1 N–H and O–H groups in total. The molecule has 4 nitrogen and oxygen atoms in total. The average Bonchev–Trinajstić information content (AvgIpc) is 2.47. The summed E-state index contributed by atoms with van der Waals surface area (Å²) in [5, 5.41) is 9.32. The van der Waals surface area contributed by atoms with Gasteiger partial charge < -0.3 is 14.4 Å². The number of rotatable bonds is 4. The van der Waals surface area contributed by atoms with Gasteiger partial charge in [-0.2, -0.15) is 0 Å². The number of methoxy groups -OCH3 is 1. The highest BCUT2D eigenvalue weighted by Gasteiger charge is 2.09. The molecule has 0 aliphatic carbocycles. The van der Waals surface area contributed by atoms with Gasteiger partial charge in [0.05, 0.1) is 25.2 Å². The van der Waals surface area contributed by atoms with Crippen LogP contribution < -0.4 is 0 Å². The van der Waals surface area contributed by atoms with Crippen LogP contribution in [0.4, 0.5) is 0 Å². The molecule has 0 bridgehead atoms. The van der Waals surface area contributed by atoms with E-state index in [2.05, 4.69) is 4.74 Å². The molecular formula is C9H12ClNO3. The Hall–Kier alpha value is -1.00. The van der Waals surface area contributed by atoms with Gasteiger partial charge in [-0.15, -0.1) is 0 Å². The minimum atomic E-state index is -0.320. The molecule has 0 spiro atoms. The SMILES string of the molecule is COC(=O)Cc1cc(Cl)cn1CCO. The van der Waals surface area contributed by atoms with Crippen molar-refractivity contribution >= 4 is 17.6 Å². The first kappa shape index (κ1) is 11.1. The maximum absolute atomic E-state index is 11.0. The van der Waals surface area contributed by atoms with Crippen LogP contribution >= 0.6 is 11.6 Å². The zero-order valence-electron chi connectivity index (χ0n) is 7.86. The van der Waals surface area contributed by atoms with Crippen molar-refractivity contribution in [2.24, 2.45) is 0 Å². The topological polar surface area (TPSA) is 51.5 Å². The molecule has 0 saturated carbocycles. The van der Waals surface area contributed by atoms with Gasteiger partial charge in [-0.3, -0.25) is 4.79 Å². The highest BCUT2D eigenvalue weighted by atomic mass is 35.5. The molecule has 0 fully saturated rings. The molecule has 0 aliphatic heterocycles. The number of hydrogen-bond acceptors (Lipinski definition) is 3. The minimum Gasteiger partial charge on any atom is -0.469 e. The molecule has 0 amide bonds. The molecule has 14 heavy (non-hydrogen) atoms. The first-order valence-electron chi connectivity index (χ1n) is 4.19. The Bertz CT molecular complexity index is 322. The molecule has 0 unspecified atom stereocenters. The van der Waals surface area contributed by atoms with Crippen molar-refractivity contribution in [2.45, 2.75) is 13.0 Å². The highest BCUT2D eigenvalue weighted by Crippen LogP contribution is 2.14. The Morgan fingerprint density at radius 3 is 3.00 bits per heavy atom. The van der Waals surface area contributed by atoms with Crippen molar-refractivity contribution in [1.29, 1.82) is 0 Å². The largest absolute Gasteiger partial charge is 0.469 e. The van der Waals surface area contributed by atoms with Gasteiger partial charge >= 0.3 is 5.97 Å². The van der Waals surface area contributed by atoms with E-state index in [1.54, 1.807) is 16.8 Å². The van der Waals surface area contributed by atoms with E-state index < -0.39 is 0 Å². The maximum Gasteiger partial charge on any atom is 0.311 e. The highest BCUT2D eigenvalue weighted by molar-refractivity contribution is 6.30. The lowest BCUT2D eigenvalue weighted by Gasteiger charge is -2.05. The number of aliphatic hydroxyl groups is 1. The van der Waals surface area contributed by atoms with Crippen molar-refractivity contribution in [3.05, 3.63) is 23.0 Å². The van der Waals surface area contributed by atoms with Crippen molar-refractivity contribution < 1.29 is 14.6 Å². The Balaban J connectivity index is 2.78. The lowest BCUT2D eigenvalue weighted by molar-refractivity contribution is -0.139. The summed E-state index contributed by atoms with van der Waals surface area (Å²) in [5.74, 6) is -0.320.